The van der Waals surface area contributed by atoms with Gasteiger partial charge in [0.25, 0.3) is 0 Å². The summed E-state index contributed by atoms with van der Waals surface area (Å²) in [7, 11) is 0. The normalized spacial score (nSPS) is 37.5. The van der Waals surface area contributed by atoms with E-state index in [-0.39, 0.29) is 0 Å². The van der Waals surface area contributed by atoms with E-state index in [1.54, 1.807) is 0 Å². The van der Waals surface area contributed by atoms with Gasteiger partial charge in [-0.05, 0) is 32.2 Å². The van der Waals surface area contributed by atoms with Crippen molar-refractivity contribution >= 4 is 0 Å². The zero-order chi connectivity index (χ0) is 9.19. The van der Waals surface area contributed by atoms with Gasteiger partial charge in [-0.25, -0.2) is 0 Å². The summed E-state index contributed by atoms with van der Waals surface area (Å²) in [5, 5.41) is 0. The molecule has 0 N–H and O–H groups in total. The van der Waals surface area contributed by atoms with Crippen LogP contribution in [0.3, 0.4) is 0 Å². The van der Waals surface area contributed by atoms with Gasteiger partial charge in [-0.2, -0.15) is 0 Å². The van der Waals surface area contributed by atoms with Crippen LogP contribution in [0.5, 0.6) is 0 Å². The summed E-state index contributed by atoms with van der Waals surface area (Å²) >= 11 is 0. The van der Waals surface area contributed by atoms with Crippen LogP contribution in [0.1, 0.15) is 47.0 Å². The van der Waals surface area contributed by atoms with Crippen LogP contribution in [0, 0.1) is 5.92 Å². The zero-order valence-electron chi connectivity index (χ0n) is 9.06. The molecule has 0 aromatic rings. The fourth-order valence-electron chi connectivity index (χ4n) is 2.50. The molecule has 0 radical (unpaired) electrons. The van der Waals surface area contributed by atoms with Gasteiger partial charge in [-0.15, -0.1) is 0 Å². The SMILES string of the molecule is CCC1CN(CC)C(C)(CC)C1. The first-order chi connectivity index (χ1) is 5.66. The van der Waals surface area contributed by atoms with Crippen LogP contribution in [-0.2, 0) is 0 Å². The molecule has 1 heteroatoms. The first-order valence-corrected chi connectivity index (χ1v) is 5.41. The van der Waals surface area contributed by atoms with Crippen LogP contribution in [0.15, 0.2) is 0 Å². The third-order valence-electron chi connectivity index (χ3n) is 3.69. The average molecular weight is 169 g/mol. The molecule has 1 saturated heterocycles. The van der Waals surface area contributed by atoms with Gasteiger partial charge in [0.1, 0.15) is 0 Å². The first kappa shape index (κ1) is 10.0. The van der Waals surface area contributed by atoms with Crippen molar-refractivity contribution in [2.24, 2.45) is 5.92 Å². The highest BCUT2D eigenvalue weighted by Gasteiger charge is 2.38. The number of nitrogens with zero attached hydrogens (tertiary/aromatic N) is 1. The van der Waals surface area contributed by atoms with Crippen molar-refractivity contribution in [2.45, 2.75) is 52.5 Å². The summed E-state index contributed by atoms with van der Waals surface area (Å²) in [6, 6.07) is 0. The Kier molecular flexibility index (Phi) is 3.16. The molecular weight excluding hydrogens is 146 g/mol. The number of hydrogen-bond donors (Lipinski definition) is 0. The first-order valence-electron chi connectivity index (χ1n) is 5.41. The summed E-state index contributed by atoms with van der Waals surface area (Å²) in [5.41, 5.74) is 0.509. The fourth-order valence-corrected chi connectivity index (χ4v) is 2.50. The highest BCUT2D eigenvalue weighted by molar-refractivity contribution is 4.94. The Morgan fingerprint density at radius 1 is 1.33 bits per heavy atom. The van der Waals surface area contributed by atoms with Crippen molar-refractivity contribution in [3.8, 4) is 0 Å². The Bertz CT molecular complexity index is 144. The van der Waals surface area contributed by atoms with Crippen LogP contribution in [0.4, 0.5) is 0 Å². The summed E-state index contributed by atoms with van der Waals surface area (Å²) in [4.78, 5) is 2.65. The van der Waals surface area contributed by atoms with Crippen LogP contribution < -0.4 is 0 Å². The minimum absolute atomic E-state index is 0.509. The molecule has 1 rings (SSSR count). The molecule has 0 aliphatic carbocycles. The molecule has 1 nitrogen and oxygen atoms in total. The van der Waals surface area contributed by atoms with Crippen LogP contribution in [0.25, 0.3) is 0 Å². The molecule has 1 heterocycles. The van der Waals surface area contributed by atoms with E-state index in [0.29, 0.717) is 5.54 Å². The van der Waals surface area contributed by atoms with Crippen molar-refractivity contribution in [1.29, 1.82) is 0 Å². The maximum Gasteiger partial charge on any atom is 0.0181 e. The summed E-state index contributed by atoms with van der Waals surface area (Å²) < 4.78 is 0. The van der Waals surface area contributed by atoms with Crippen molar-refractivity contribution < 1.29 is 0 Å². The van der Waals surface area contributed by atoms with Crippen LogP contribution in [-0.4, -0.2) is 23.5 Å². The predicted octanol–water partition coefficient (Wildman–Crippen LogP) is 2.91. The monoisotopic (exact) mass is 169 g/mol. The Balaban J connectivity index is 2.62. The minimum Gasteiger partial charge on any atom is -0.298 e. The topological polar surface area (TPSA) is 3.24 Å². The standard InChI is InChI=1S/C11H23N/c1-5-10-8-11(4,6-2)12(7-3)9-10/h10H,5-9H2,1-4H3. The van der Waals surface area contributed by atoms with Gasteiger partial charge in [0, 0.05) is 12.1 Å². The van der Waals surface area contributed by atoms with Gasteiger partial charge in [0.15, 0.2) is 0 Å². The highest BCUT2D eigenvalue weighted by Crippen LogP contribution is 2.36. The molecule has 2 atom stereocenters. The predicted molar refractivity (Wildman–Crippen MR) is 54.3 cm³/mol. The van der Waals surface area contributed by atoms with Crippen LogP contribution >= 0.6 is 0 Å². The number of hydrogen-bond acceptors (Lipinski definition) is 1. The van der Waals surface area contributed by atoms with Crippen molar-refractivity contribution in [3.63, 3.8) is 0 Å². The Morgan fingerprint density at radius 2 is 2.00 bits per heavy atom. The van der Waals surface area contributed by atoms with E-state index in [9.17, 15) is 0 Å². The summed E-state index contributed by atoms with van der Waals surface area (Å²) in [5.74, 6) is 0.954. The van der Waals surface area contributed by atoms with E-state index < -0.39 is 0 Å². The molecule has 0 bridgehead atoms. The van der Waals surface area contributed by atoms with Crippen molar-refractivity contribution in [1.82, 2.24) is 4.90 Å². The third kappa shape index (κ3) is 1.66. The lowest BCUT2D eigenvalue weighted by Crippen LogP contribution is -2.40. The summed E-state index contributed by atoms with van der Waals surface area (Å²) in [6.07, 6.45) is 4.07. The molecule has 12 heavy (non-hydrogen) atoms. The van der Waals surface area contributed by atoms with Gasteiger partial charge >= 0.3 is 0 Å². The molecular formula is C11H23N. The Labute approximate surface area is 77.1 Å². The van der Waals surface area contributed by atoms with Crippen molar-refractivity contribution in [3.05, 3.63) is 0 Å². The molecule has 0 aromatic carbocycles. The largest absolute Gasteiger partial charge is 0.298 e. The lowest BCUT2D eigenvalue weighted by Gasteiger charge is -2.33. The van der Waals surface area contributed by atoms with Crippen LogP contribution in [0.2, 0.25) is 0 Å². The maximum absolute atomic E-state index is 2.65. The molecule has 0 amide bonds. The van der Waals surface area contributed by atoms with Gasteiger partial charge < -0.3 is 0 Å². The van der Waals surface area contributed by atoms with Gasteiger partial charge in [-0.3, -0.25) is 4.90 Å². The average Bonchev–Trinajstić information content (AvgIpc) is 2.43. The van der Waals surface area contributed by atoms with Gasteiger partial charge in [0.05, 0.1) is 0 Å². The Morgan fingerprint density at radius 3 is 2.33 bits per heavy atom. The van der Waals surface area contributed by atoms with Gasteiger partial charge in [0.2, 0.25) is 0 Å². The number of rotatable bonds is 3. The highest BCUT2D eigenvalue weighted by atomic mass is 15.2. The van der Waals surface area contributed by atoms with E-state index in [1.807, 2.05) is 0 Å². The molecule has 0 spiro atoms. The second-order valence-electron chi connectivity index (χ2n) is 4.37. The quantitative estimate of drug-likeness (QED) is 0.628. The smallest absolute Gasteiger partial charge is 0.0181 e. The molecule has 1 aliphatic rings. The molecule has 0 aromatic heterocycles. The number of likely N-dealkylation sites (tertiary alicyclic amines) is 1. The molecule has 2 unspecified atom stereocenters. The van der Waals surface area contributed by atoms with E-state index in [0.717, 1.165) is 5.92 Å². The minimum atomic E-state index is 0.509. The van der Waals surface area contributed by atoms with Gasteiger partial charge in [-0.1, -0.05) is 27.2 Å². The molecule has 72 valence electrons. The van der Waals surface area contributed by atoms with E-state index in [2.05, 4.69) is 32.6 Å². The maximum atomic E-state index is 2.65. The lowest BCUT2D eigenvalue weighted by atomic mass is 9.91. The third-order valence-corrected chi connectivity index (χ3v) is 3.69. The second-order valence-corrected chi connectivity index (χ2v) is 4.37. The zero-order valence-corrected chi connectivity index (χ0v) is 9.06. The van der Waals surface area contributed by atoms with E-state index >= 15 is 0 Å². The van der Waals surface area contributed by atoms with Crippen molar-refractivity contribution in [2.75, 3.05) is 13.1 Å². The summed E-state index contributed by atoms with van der Waals surface area (Å²) in [6.45, 7) is 11.9. The molecule has 1 fully saturated rings. The second kappa shape index (κ2) is 3.78. The fraction of sp³-hybridized carbons (Fsp3) is 1.00. The Hall–Kier alpha value is -0.0400. The molecule has 1 aliphatic heterocycles. The lowest BCUT2D eigenvalue weighted by molar-refractivity contribution is 0.159. The molecule has 0 saturated carbocycles. The van der Waals surface area contributed by atoms with E-state index in [1.165, 1.54) is 32.4 Å². The van der Waals surface area contributed by atoms with E-state index in [4.69, 9.17) is 0 Å².